The van der Waals surface area contributed by atoms with Gasteiger partial charge in [-0.25, -0.2) is 4.79 Å². The fourth-order valence-electron chi connectivity index (χ4n) is 4.52. The number of alkyl halides is 1. The SMILES string of the molecule is C[C@H](CF)CN1[C@H](c2ccc(C=CC(=O)O)cc2)c2[nH]c3ccccc3c2C[C@H]1C. The van der Waals surface area contributed by atoms with Crippen molar-refractivity contribution in [3.63, 3.8) is 0 Å². The van der Waals surface area contributed by atoms with E-state index in [9.17, 15) is 9.18 Å². The normalized spacial score (nSPS) is 20.5. The molecular formula is C25H27FN2O2. The molecule has 5 heteroatoms. The van der Waals surface area contributed by atoms with E-state index in [1.165, 1.54) is 16.6 Å². The fourth-order valence-corrected chi connectivity index (χ4v) is 4.52. The molecular weight excluding hydrogens is 379 g/mol. The van der Waals surface area contributed by atoms with Gasteiger partial charge in [0.1, 0.15) is 0 Å². The van der Waals surface area contributed by atoms with Crippen molar-refractivity contribution in [1.82, 2.24) is 9.88 Å². The minimum absolute atomic E-state index is 0.00246. The van der Waals surface area contributed by atoms with Crippen LogP contribution in [0.5, 0.6) is 0 Å². The van der Waals surface area contributed by atoms with Crippen LogP contribution in [0.2, 0.25) is 0 Å². The van der Waals surface area contributed by atoms with Crippen LogP contribution in [0.3, 0.4) is 0 Å². The Labute approximate surface area is 176 Å². The Morgan fingerprint density at radius 3 is 2.70 bits per heavy atom. The van der Waals surface area contributed by atoms with Crippen molar-refractivity contribution < 1.29 is 14.3 Å². The molecule has 4 nitrogen and oxygen atoms in total. The molecule has 0 bridgehead atoms. The third kappa shape index (κ3) is 3.90. The van der Waals surface area contributed by atoms with Crippen molar-refractivity contribution in [2.24, 2.45) is 5.92 Å². The quantitative estimate of drug-likeness (QED) is 0.553. The fraction of sp³-hybridized carbons (Fsp3) is 0.320. The number of fused-ring (bicyclic) bond motifs is 3. The Morgan fingerprint density at radius 1 is 1.27 bits per heavy atom. The summed E-state index contributed by atoms with van der Waals surface area (Å²) in [6, 6.07) is 16.6. The standard InChI is InChI=1S/C25H27FN2O2/c1-16(14-26)15-28-17(2)13-21-20-5-3-4-6-22(20)27-24(21)25(28)19-10-7-18(8-11-19)9-12-23(29)30/h3-12,16-17,25,27H,13-15H2,1-2H3,(H,29,30)/t16-,17-,25-/m1/s1. The van der Waals surface area contributed by atoms with Crippen molar-refractivity contribution in [3.8, 4) is 0 Å². The van der Waals surface area contributed by atoms with Crippen LogP contribution in [0.25, 0.3) is 17.0 Å². The van der Waals surface area contributed by atoms with E-state index in [1.807, 2.05) is 37.3 Å². The number of hydrogen-bond donors (Lipinski definition) is 2. The second-order valence-electron chi connectivity index (χ2n) is 8.31. The van der Waals surface area contributed by atoms with Crippen LogP contribution in [-0.2, 0) is 11.2 Å². The molecule has 1 aromatic heterocycles. The number of hydrogen-bond acceptors (Lipinski definition) is 2. The summed E-state index contributed by atoms with van der Waals surface area (Å²) in [5.41, 5.74) is 5.59. The van der Waals surface area contributed by atoms with E-state index < -0.39 is 5.97 Å². The van der Waals surface area contributed by atoms with Gasteiger partial charge in [0.25, 0.3) is 0 Å². The molecule has 2 heterocycles. The Balaban J connectivity index is 1.79. The molecule has 3 aromatic rings. The van der Waals surface area contributed by atoms with E-state index in [-0.39, 0.29) is 24.7 Å². The molecule has 156 valence electrons. The van der Waals surface area contributed by atoms with Gasteiger partial charge in [-0.2, -0.15) is 0 Å². The maximum atomic E-state index is 13.4. The number of nitrogens with zero attached hydrogens (tertiary/aromatic N) is 1. The second kappa shape index (κ2) is 8.44. The summed E-state index contributed by atoms with van der Waals surface area (Å²) in [7, 11) is 0. The van der Waals surface area contributed by atoms with Gasteiger partial charge in [0.2, 0.25) is 0 Å². The highest BCUT2D eigenvalue weighted by Crippen LogP contribution is 2.41. The lowest BCUT2D eigenvalue weighted by Crippen LogP contribution is -2.45. The van der Waals surface area contributed by atoms with Gasteiger partial charge in [-0.3, -0.25) is 9.29 Å². The van der Waals surface area contributed by atoms with Crippen LogP contribution in [-0.4, -0.2) is 40.2 Å². The lowest BCUT2D eigenvalue weighted by Gasteiger charge is -2.42. The molecule has 0 radical (unpaired) electrons. The Morgan fingerprint density at radius 2 is 2.00 bits per heavy atom. The molecule has 0 spiro atoms. The van der Waals surface area contributed by atoms with Crippen molar-refractivity contribution in [3.05, 3.63) is 77.0 Å². The summed E-state index contributed by atoms with van der Waals surface area (Å²) < 4.78 is 13.4. The molecule has 4 rings (SSSR count). The van der Waals surface area contributed by atoms with Gasteiger partial charge in [-0.1, -0.05) is 49.4 Å². The predicted octanol–water partition coefficient (Wildman–Crippen LogP) is 5.21. The van der Waals surface area contributed by atoms with Gasteiger partial charge in [0.15, 0.2) is 0 Å². The van der Waals surface area contributed by atoms with Gasteiger partial charge in [0.05, 0.1) is 12.7 Å². The van der Waals surface area contributed by atoms with Crippen molar-refractivity contribution in [2.75, 3.05) is 13.2 Å². The second-order valence-corrected chi connectivity index (χ2v) is 8.31. The van der Waals surface area contributed by atoms with E-state index in [0.29, 0.717) is 6.54 Å². The number of carboxylic acids is 1. The van der Waals surface area contributed by atoms with Gasteiger partial charge >= 0.3 is 5.97 Å². The third-order valence-electron chi connectivity index (χ3n) is 5.97. The number of benzene rings is 2. The average molecular weight is 407 g/mol. The van der Waals surface area contributed by atoms with Gasteiger partial charge in [-0.15, -0.1) is 0 Å². The molecule has 1 aliphatic rings. The summed E-state index contributed by atoms with van der Waals surface area (Å²) in [6.07, 6.45) is 3.66. The number of nitrogens with one attached hydrogen (secondary N) is 1. The molecule has 2 N–H and O–H groups in total. The van der Waals surface area contributed by atoms with E-state index in [0.717, 1.165) is 29.1 Å². The minimum atomic E-state index is -0.964. The molecule has 1 aliphatic heterocycles. The number of para-hydroxylation sites is 1. The zero-order valence-electron chi connectivity index (χ0n) is 17.3. The van der Waals surface area contributed by atoms with Crippen LogP contribution >= 0.6 is 0 Å². The molecule has 2 aromatic carbocycles. The first-order chi connectivity index (χ1) is 14.5. The van der Waals surface area contributed by atoms with Crippen molar-refractivity contribution in [2.45, 2.75) is 32.4 Å². The van der Waals surface area contributed by atoms with Crippen LogP contribution in [0.4, 0.5) is 4.39 Å². The van der Waals surface area contributed by atoms with E-state index in [1.54, 1.807) is 6.08 Å². The van der Waals surface area contributed by atoms with Gasteiger partial charge < -0.3 is 10.1 Å². The number of aliphatic carboxylic acids is 1. The molecule has 30 heavy (non-hydrogen) atoms. The number of rotatable bonds is 6. The first-order valence-electron chi connectivity index (χ1n) is 10.4. The molecule has 0 saturated heterocycles. The number of carbonyl (C=O) groups is 1. The highest BCUT2D eigenvalue weighted by atomic mass is 19.1. The Kier molecular flexibility index (Phi) is 5.73. The summed E-state index contributed by atoms with van der Waals surface area (Å²) >= 11 is 0. The van der Waals surface area contributed by atoms with E-state index in [2.05, 4.69) is 35.0 Å². The maximum Gasteiger partial charge on any atom is 0.328 e. The number of halogens is 1. The van der Waals surface area contributed by atoms with Crippen LogP contribution in [0, 0.1) is 5.92 Å². The lowest BCUT2D eigenvalue weighted by molar-refractivity contribution is -0.131. The summed E-state index contributed by atoms with van der Waals surface area (Å²) in [6.45, 7) is 4.50. The number of aromatic nitrogens is 1. The lowest BCUT2D eigenvalue weighted by atomic mass is 9.87. The van der Waals surface area contributed by atoms with E-state index in [4.69, 9.17) is 5.11 Å². The monoisotopic (exact) mass is 406 g/mol. The zero-order valence-corrected chi connectivity index (χ0v) is 17.3. The molecule has 0 saturated carbocycles. The average Bonchev–Trinajstić information content (AvgIpc) is 3.11. The smallest absolute Gasteiger partial charge is 0.328 e. The minimum Gasteiger partial charge on any atom is -0.478 e. The van der Waals surface area contributed by atoms with Crippen LogP contribution < -0.4 is 0 Å². The molecule has 3 atom stereocenters. The highest BCUT2D eigenvalue weighted by molar-refractivity contribution is 5.86. The van der Waals surface area contributed by atoms with Gasteiger partial charge in [0, 0.05) is 35.3 Å². The first-order valence-corrected chi connectivity index (χ1v) is 10.4. The van der Waals surface area contributed by atoms with Gasteiger partial charge in [-0.05, 0) is 48.1 Å². The number of aromatic amines is 1. The highest BCUT2D eigenvalue weighted by Gasteiger charge is 2.36. The maximum absolute atomic E-state index is 13.4. The Bertz CT molecular complexity index is 1070. The molecule has 0 amide bonds. The number of carboxylic acid groups (broad SMARTS) is 1. The topological polar surface area (TPSA) is 56.3 Å². The molecule has 0 aliphatic carbocycles. The summed E-state index contributed by atoms with van der Waals surface area (Å²) in [5, 5.41) is 10.1. The summed E-state index contributed by atoms with van der Waals surface area (Å²) in [5.74, 6) is -1.01. The predicted molar refractivity (Wildman–Crippen MR) is 118 cm³/mol. The van der Waals surface area contributed by atoms with Crippen molar-refractivity contribution in [1.29, 1.82) is 0 Å². The molecule has 0 unspecified atom stereocenters. The summed E-state index contributed by atoms with van der Waals surface area (Å²) in [4.78, 5) is 16.8. The zero-order chi connectivity index (χ0) is 21.3. The third-order valence-corrected chi connectivity index (χ3v) is 5.97. The Hall–Kier alpha value is -2.92. The van der Waals surface area contributed by atoms with Crippen LogP contribution in [0.1, 0.15) is 42.3 Å². The first kappa shape index (κ1) is 20.4. The largest absolute Gasteiger partial charge is 0.478 e. The van der Waals surface area contributed by atoms with Crippen molar-refractivity contribution >= 4 is 22.9 Å². The number of H-pyrrole nitrogens is 1. The molecule has 0 fully saturated rings. The van der Waals surface area contributed by atoms with Crippen LogP contribution in [0.15, 0.2) is 54.6 Å². The van der Waals surface area contributed by atoms with E-state index >= 15 is 0 Å².